The first-order valence-electron chi connectivity index (χ1n) is 10.0. The lowest BCUT2D eigenvalue weighted by molar-refractivity contribution is 0.209. The third kappa shape index (κ3) is 3.31. The highest BCUT2D eigenvalue weighted by molar-refractivity contribution is 5.96. The molecule has 0 unspecified atom stereocenters. The van der Waals surface area contributed by atoms with Crippen molar-refractivity contribution in [3.05, 3.63) is 54.6 Å². The van der Waals surface area contributed by atoms with Crippen LogP contribution in [0.15, 0.2) is 59.0 Å². The Labute approximate surface area is 163 Å². The number of rotatable bonds is 4. The van der Waals surface area contributed by atoms with Crippen molar-refractivity contribution in [3.63, 3.8) is 0 Å². The smallest absolute Gasteiger partial charge is 0.227 e. The van der Waals surface area contributed by atoms with E-state index in [0.717, 1.165) is 39.8 Å². The van der Waals surface area contributed by atoms with E-state index in [-0.39, 0.29) is 5.75 Å². The summed E-state index contributed by atoms with van der Waals surface area (Å²) in [5.41, 5.74) is 2.46. The van der Waals surface area contributed by atoms with Crippen LogP contribution in [0.25, 0.3) is 33.3 Å². The molecular weight excluding hydrogens is 350 g/mol. The zero-order valence-electron chi connectivity index (χ0n) is 15.7. The third-order valence-corrected chi connectivity index (χ3v) is 5.66. The van der Waals surface area contributed by atoms with Gasteiger partial charge in [-0.15, -0.1) is 0 Å². The van der Waals surface area contributed by atoms with Crippen molar-refractivity contribution in [2.24, 2.45) is 5.92 Å². The van der Waals surface area contributed by atoms with Crippen LogP contribution in [0.3, 0.4) is 0 Å². The first-order chi connectivity index (χ1) is 13.8. The molecule has 4 aromatic rings. The maximum absolute atomic E-state index is 9.73. The van der Waals surface area contributed by atoms with Gasteiger partial charge in [-0.25, -0.2) is 4.98 Å². The summed E-state index contributed by atoms with van der Waals surface area (Å²) >= 11 is 0. The lowest BCUT2D eigenvalue weighted by Gasteiger charge is -2.21. The lowest BCUT2D eigenvalue weighted by Crippen LogP contribution is -2.15. The molecule has 0 atom stereocenters. The molecular formula is C24H23NO3. The molecule has 1 aliphatic carbocycles. The normalized spacial score (nSPS) is 15.3. The fraction of sp³-hybridized carbons (Fsp3) is 0.292. The Morgan fingerprint density at radius 3 is 2.79 bits per heavy atom. The van der Waals surface area contributed by atoms with Gasteiger partial charge in [-0.2, -0.15) is 0 Å². The number of hydrogen-bond donors (Lipinski definition) is 1. The molecule has 142 valence electrons. The van der Waals surface area contributed by atoms with Gasteiger partial charge in [-0.05, 0) is 65.9 Å². The molecule has 5 rings (SSSR count). The molecule has 0 aliphatic heterocycles. The monoisotopic (exact) mass is 373 g/mol. The van der Waals surface area contributed by atoms with E-state index in [4.69, 9.17) is 9.15 Å². The van der Waals surface area contributed by atoms with Crippen LogP contribution in [0, 0.1) is 5.92 Å². The van der Waals surface area contributed by atoms with E-state index in [0.29, 0.717) is 11.8 Å². The minimum absolute atomic E-state index is 0.252. The van der Waals surface area contributed by atoms with Crippen molar-refractivity contribution in [2.45, 2.75) is 32.1 Å². The van der Waals surface area contributed by atoms with Crippen LogP contribution in [0.5, 0.6) is 11.5 Å². The summed E-state index contributed by atoms with van der Waals surface area (Å²) in [7, 11) is 0. The maximum Gasteiger partial charge on any atom is 0.227 e. The molecule has 3 aromatic carbocycles. The molecule has 1 saturated carbocycles. The van der Waals surface area contributed by atoms with Gasteiger partial charge in [0.05, 0.1) is 6.61 Å². The average Bonchev–Trinajstić information content (AvgIpc) is 3.15. The maximum atomic E-state index is 9.73. The van der Waals surface area contributed by atoms with Crippen molar-refractivity contribution in [1.29, 1.82) is 0 Å². The zero-order valence-corrected chi connectivity index (χ0v) is 15.7. The van der Waals surface area contributed by atoms with E-state index >= 15 is 0 Å². The predicted octanol–water partition coefficient (Wildman–Crippen LogP) is 6.31. The van der Waals surface area contributed by atoms with E-state index in [9.17, 15) is 5.11 Å². The van der Waals surface area contributed by atoms with Gasteiger partial charge in [-0.3, -0.25) is 0 Å². The summed E-state index contributed by atoms with van der Waals surface area (Å²) in [6, 6.07) is 17.1. The number of oxazole rings is 1. The number of benzene rings is 3. The third-order valence-electron chi connectivity index (χ3n) is 5.66. The molecule has 0 bridgehead atoms. The SMILES string of the molecule is Oc1ccc2c(-c3nc4ccc(OCC5CCCCC5)cc4o3)cccc2c1. The average molecular weight is 373 g/mol. The Kier molecular flexibility index (Phi) is 4.40. The molecule has 1 N–H and O–H groups in total. The van der Waals surface area contributed by atoms with Crippen LogP contribution in [-0.2, 0) is 0 Å². The topological polar surface area (TPSA) is 55.5 Å². The van der Waals surface area contributed by atoms with Crippen LogP contribution in [0.4, 0.5) is 0 Å². The molecule has 1 fully saturated rings. The van der Waals surface area contributed by atoms with Gasteiger partial charge in [0.15, 0.2) is 5.58 Å². The molecule has 0 radical (unpaired) electrons. The largest absolute Gasteiger partial charge is 0.508 e. The fourth-order valence-electron chi connectivity index (χ4n) is 4.14. The van der Waals surface area contributed by atoms with Gasteiger partial charge < -0.3 is 14.3 Å². The van der Waals surface area contributed by atoms with Gasteiger partial charge in [-0.1, -0.05) is 31.4 Å². The predicted molar refractivity (Wildman–Crippen MR) is 111 cm³/mol. The van der Waals surface area contributed by atoms with Crippen LogP contribution < -0.4 is 4.74 Å². The van der Waals surface area contributed by atoms with Gasteiger partial charge in [0.1, 0.15) is 17.0 Å². The second-order valence-corrected chi connectivity index (χ2v) is 7.67. The number of aromatic nitrogens is 1. The first kappa shape index (κ1) is 17.1. The molecule has 1 heterocycles. The van der Waals surface area contributed by atoms with Crippen molar-refractivity contribution in [1.82, 2.24) is 4.98 Å². The van der Waals surface area contributed by atoms with E-state index in [2.05, 4.69) is 4.98 Å². The highest BCUT2D eigenvalue weighted by Crippen LogP contribution is 2.33. The molecule has 1 aromatic heterocycles. The van der Waals surface area contributed by atoms with Crippen LogP contribution in [-0.4, -0.2) is 16.7 Å². The highest BCUT2D eigenvalue weighted by atomic mass is 16.5. The van der Waals surface area contributed by atoms with E-state index < -0.39 is 0 Å². The van der Waals surface area contributed by atoms with Gasteiger partial charge in [0.2, 0.25) is 5.89 Å². The Morgan fingerprint density at radius 2 is 1.89 bits per heavy atom. The van der Waals surface area contributed by atoms with Crippen LogP contribution in [0.2, 0.25) is 0 Å². The molecule has 0 amide bonds. The highest BCUT2D eigenvalue weighted by Gasteiger charge is 2.15. The van der Waals surface area contributed by atoms with E-state index in [1.807, 2.05) is 42.5 Å². The Morgan fingerprint density at radius 1 is 1.00 bits per heavy atom. The number of ether oxygens (including phenoxy) is 1. The minimum Gasteiger partial charge on any atom is -0.508 e. The quantitative estimate of drug-likeness (QED) is 0.455. The number of nitrogens with zero attached hydrogens (tertiary/aromatic N) is 1. The van der Waals surface area contributed by atoms with Gasteiger partial charge >= 0.3 is 0 Å². The second kappa shape index (κ2) is 7.19. The van der Waals surface area contributed by atoms with E-state index in [1.54, 1.807) is 12.1 Å². The Bertz CT molecular complexity index is 1130. The van der Waals surface area contributed by atoms with Crippen LogP contribution in [0.1, 0.15) is 32.1 Å². The second-order valence-electron chi connectivity index (χ2n) is 7.67. The molecule has 0 saturated heterocycles. The van der Waals surface area contributed by atoms with E-state index in [1.165, 1.54) is 32.1 Å². The van der Waals surface area contributed by atoms with Crippen molar-refractivity contribution in [3.8, 4) is 23.0 Å². The number of hydrogen-bond acceptors (Lipinski definition) is 4. The van der Waals surface area contributed by atoms with Crippen molar-refractivity contribution >= 4 is 21.9 Å². The summed E-state index contributed by atoms with van der Waals surface area (Å²) in [5.74, 6) is 2.34. The zero-order chi connectivity index (χ0) is 18.9. The van der Waals surface area contributed by atoms with Crippen molar-refractivity contribution in [2.75, 3.05) is 6.61 Å². The summed E-state index contributed by atoms with van der Waals surface area (Å²) < 4.78 is 12.1. The van der Waals surface area contributed by atoms with Gasteiger partial charge in [0.25, 0.3) is 0 Å². The Hall–Kier alpha value is -3.01. The molecule has 4 nitrogen and oxygen atoms in total. The van der Waals surface area contributed by atoms with Gasteiger partial charge in [0, 0.05) is 11.6 Å². The molecule has 28 heavy (non-hydrogen) atoms. The molecule has 4 heteroatoms. The number of fused-ring (bicyclic) bond motifs is 2. The van der Waals surface area contributed by atoms with Crippen molar-refractivity contribution < 1.29 is 14.3 Å². The number of phenolic OH excluding ortho intramolecular Hbond substituents is 1. The van der Waals surface area contributed by atoms with Crippen LogP contribution >= 0.6 is 0 Å². The summed E-state index contributed by atoms with van der Waals surface area (Å²) in [5, 5.41) is 11.7. The standard InChI is InChI=1S/C24H23NO3/c26-18-9-11-20-17(13-18)7-4-8-21(20)24-25-22-12-10-19(14-23(22)28-24)27-15-16-5-2-1-3-6-16/h4,7-14,16,26H,1-3,5-6,15H2. The first-order valence-corrected chi connectivity index (χ1v) is 10.0. The summed E-state index contributed by atoms with van der Waals surface area (Å²) in [6.07, 6.45) is 6.54. The number of phenols is 1. The fourth-order valence-corrected chi connectivity index (χ4v) is 4.14. The summed E-state index contributed by atoms with van der Waals surface area (Å²) in [4.78, 5) is 4.66. The minimum atomic E-state index is 0.252. The molecule has 1 aliphatic rings. The summed E-state index contributed by atoms with van der Waals surface area (Å²) in [6.45, 7) is 0.777. The lowest BCUT2D eigenvalue weighted by atomic mass is 9.90. The Balaban J connectivity index is 1.44. The molecule has 0 spiro atoms. The number of aromatic hydroxyl groups is 1.